The lowest BCUT2D eigenvalue weighted by atomic mass is 10.0. The molecular weight excluding hydrogens is 570 g/mol. The van der Waals surface area contributed by atoms with Gasteiger partial charge in [0.25, 0.3) is 0 Å². The molecule has 5 nitrogen and oxygen atoms in total. The van der Waals surface area contributed by atoms with E-state index < -0.39 is 0 Å². The predicted molar refractivity (Wildman–Crippen MR) is 196 cm³/mol. The second-order valence-electron chi connectivity index (χ2n) is 14.5. The van der Waals surface area contributed by atoms with Crippen molar-refractivity contribution in [3.05, 3.63) is 0 Å². The molecule has 5 heteroatoms. The molecule has 2 unspecified atom stereocenters. The molecular formula is C41H79NO4. The third-order valence-corrected chi connectivity index (χ3v) is 9.89. The van der Waals surface area contributed by atoms with E-state index in [0.29, 0.717) is 26.0 Å². The molecule has 1 saturated heterocycles. The summed E-state index contributed by atoms with van der Waals surface area (Å²) >= 11 is 0. The van der Waals surface area contributed by atoms with Crippen molar-refractivity contribution >= 4 is 11.9 Å². The lowest BCUT2D eigenvalue weighted by molar-refractivity contribution is -0.149. The van der Waals surface area contributed by atoms with Crippen LogP contribution in [0.3, 0.4) is 0 Å². The molecule has 0 aromatic heterocycles. The van der Waals surface area contributed by atoms with E-state index in [4.69, 9.17) is 9.47 Å². The summed E-state index contributed by atoms with van der Waals surface area (Å²) in [6.07, 6.45) is 41.5. The van der Waals surface area contributed by atoms with Crippen molar-refractivity contribution in [3.63, 3.8) is 0 Å². The highest BCUT2D eigenvalue weighted by molar-refractivity contribution is 5.69. The number of esters is 2. The Morgan fingerprint density at radius 2 is 0.804 bits per heavy atom. The Morgan fingerprint density at radius 1 is 0.478 bits per heavy atom. The Balaban J connectivity index is 1.83. The molecule has 2 atom stereocenters. The molecule has 272 valence electrons. The highest BCUT2D eigenvalue weighted by Gasteiger charge is 2.27. The maximum absolute atomic E-state index is 12.3. The number of hydrogen-bond donors (Lipinski definition) is 1. The zero-order chi connectivity index (χ0) is 33.2. The fourth-order valence-electron chi connectivity index (χ4n) is 6.79. The van der Waals surface area contributed by atoms with E-state index in [9.17, 15) is 9.59 Å². The maximum Gasteiger partial charge on any atom is 0.306 e. The van der Waals surface area contributed by atoms with Crippen LogP contribution in [0, 0.1) is 0 Å². The summed E-state index contributed by atoms with van der Waals surface area (Å²) in [6.45, 7) is 5.60. The van der Waals surface area contributed by atoms with Gasteiger partial charge < -0.3 is 14.8 Å². The van der Waals surface area contributed by atoms with Crippen molar-refractivity contribution in [3.8, 4) is 0 Å². The summed E-state index contributed by atoms with van der Waals surface area (Å²) in [5.41, 5.74) is 0. The minimum atomic E-state index is -0.0944. The summed E-state index contributed by atoms with van der Waals surface area (Å²) in [5.74, 6) is -0.169. The van der Waals surface area contributed by atoms with Crippen LogP contribution in [0.2, 0.25) is 0 Å². The standard InChI is InChI=1S/C41H79NO4/c1-3-5-7-9-11-13-15-17-19-21-23-25-27-29-31-33-40(43)45-37-38-35-39(36-42-38)46-41(44)34-32-30-28-26-24-22-20-18-16-14-12-10-8-6-4-2/h38-39,42H,3-37H2,1-2H3. The third-order valence-electron chi connectivity index (χ3n) is 9.89. The van der Waals surface area contributed by atoms with Crippen LogP contribution >= 0.6 is 0 Å². The fraction of sp³-hybridized carbons (Fsp3) is 0.951. The van der Waals surface area contributed by atoms with Gasteiger partial charge in [0, 0.05) is 31.8 Å². The van der Waals surface area contributed by atoms with Crippen LogP contribution in [0.4, 0.5) is 0 Å². The van der Waals surface area contributed by atoms with Crippen LogP contribution in [0.25, 0.3) is 0 Å². The van der Waals surface area contributed by atoms with Crippen LogP contribution in [-0.2, 0) is 19.1 Å². The van der Waals surface area contributed by atoms with Crippen molar-refractivity contribution in [2.75, 3.05) is 13.2 Å². The molecule has 1 heterocycles. The smallest absolute Gasteiger partial charge is 0.306 e. The molecule has 0 spiro atoms. The normalized spacial score (nSPS) is 16.2. The topological polar surface area (TPSA) is 64.6 Å². The Hall–Kier alpha value is -1.10. The van der Waals surface area contributed by atoms with Gasteiger partial charge in [-0.1, -0.05) is 194 Å². The van der Waals surface area contributed by atoms with E-state index in [1.165, 1.54) is 167 Å². The molecule has 0 radical (unpaired) electrons. The number of carbonyl (C=O) groups excluding carboxylic acids is 2. The molecule has 0 aliphatic carbocycles. The summed E-state index contributed by atoms with van der Waals surface area (Å²) in [5, 5.41) is 3.36. The van der Waals surface area contributed by atoms with Crippen molar-refractivity contribution in [1.82, 2.24) is 5.32 Å². The van der Waals surface area contributed by atoms with E-state index in [-0.39, 0.29) is 24.1 Å². The van der Waals surface area contributed by atoms with Crippen LogP contribution in [0.5, 0.6) is 0 Å². The molecule has 0 aromatic carbocycles. The van der Waals surface area contributed by atoms with E-state index in [1.807, 2.05) is 0 Å². The molecule has 1 fully saturated rings. The first-order chi connectivity index (χ1) is 22.7. The molecule has 0 aromatic rings. The molecule has 0 saturated carbocycles. The number of hydrogen-bond acceptors (Lipinski definition) is 5. The van der Waals surface area contributed by atoms with Gasteiger partial charge in [-0.2, -0.15) is 0 Å². The van der Waals surface area contributed by atoms with Crippen LogP contribution in [0.1, 0.15) is 226 Å². The van der Waals surface area contributed by atoms with E-state index >= 15 is 0 Å². The summed E-state index contributed by atoms with van der Waals surface area (Å²) < 4.78 is 11.2. The predicted octanol–water partition coefficient (Wildman–Crippen LogP) is 12.3. The lowest BCUT2D eigenvalue weighted by Crippen LogP contribution is -2.28. The average Bonchev–Trinajstić information content (AvgIpc) is 3.50. The van der Waals surface area contributed by atoms with Crippen molar-refractivity contribution < 1.29 is 19.1 Å². The Kier molecular flexibility index (Phi) is 31.5. The number of rotatable bonds is 35. The van der Waals surface area contributed by atoms with Gasteiger partial charge in [-0.05, 0) is 12.8 Å². The van der Waals surface area contributed by atoms with Crippen molar-refractivity contribution in [2.24, 2.45) is 0 Å². The number of ether oxygens (including phenoxy) is 2. The number of carbonyl (C=O) groups is 2. The molecule has 0 amide bonds. The van der Waals surface area contributed by atoms with Crippen LogP contribution < -0.4 is 5.32 Å². The summed E-state index contributed by atoms with van der Waals surface area (Å²) in [7, 11) is 0. The first-order valence-corrected chi connectivity index (χ1v) is 20.7. The molecule has 46 heavy (non-hydrogen) atoms. The van der Waals surface area contributed by atoms with Gasteiger partial charge >= 0.3 is 11.9 Å². The Labute approximate surface area is 286 Å². The molecule has 0 bridgehead atoms. The quantitative estimate of drug-likeness (QED) is 0.0546. The maximum atomic E-state index is 12.3. The Morgan fingerprint density at radius 3 is 1.17 bits per heavy atom. The second kappa shape index (κ2) is 33.8. The first kappa shape index (κ1) is 42.9. The van der Waals surface area contributed by atoms with Crippen LogP contribution in [0.15, 0.2) is 0 Å². The first-order valence-electron chi connectivity index (χ1n) is 20.7. The molecule has 1 rings (SSSR count). The lowest BCUT2D eigenvalue weighted by Gasteiger charge is -2.12. The molecule has 1 aliphatic rings. The molecule has 1 N–H and O–H groups in total. The minimum Gasteiger partial charge on any atom is -0.464 e. The van der Waals surface area contributed by atoms with Gasteiger partial charge in [0.05, 0.1) is 0 Å². The van der Waals surface area contributed by atoms with Gasteiger partial charge in [-0.3, -0.25) is 9.59 Å². The van der Waals surface area contributed by atoms with Crippen LogP contribution in [-0.4, -0.2) is 37.2 Å². The fourth-order valence-corrected chi connectivity index (χ4v) is 6.79. The zero-order valence-corrected chi connectivity index (χ0v) is 31.0. The van der Waals surface area contributed by atoms with E-state index in [0.717, 1.165) is 32.1 Å². The van der Waals surface area contributed by atoms with Gasteiger partial charge in [-0.25, -0.2) is 0 Å². The average molecular weight is 650 g/mol. The van der Waals surface area contributed by atoms with Crippen molar-refractivity contribution in [2.45, 2.75) is 238 Å². The second-order valence-corrected chi connectivity index (χ2v) is 14.5. The minimum absolute atomic E-state index is 0.0766. The van der Waals surface area contributed by atoms with Crippen molar-refractivity contribution in [1.29, 1.82) is 0 Å². The van der Waals surface area contributed by atoms with Gasteiger partial charge in [0.1, 0.15) is 12.7 Å². The monoisotopic (exact) mass is 650 g/mol. The third kappa shape index (κ3) is 29.1. The number of nitrogens with one attached hydrogen (secondary N) is 1. The largest absolute Gasteiger partial charge is 0.464 e. The zero-order valence-electron chi connectivity index (χ0n) is 31.0. The van der Waals surface area contributed by atoms with E-state index in [1.54, 1.807) is 0 Å². The highest BCUT2D eigenvalue weighted by atomic mass is 16.5. The summed E-state index contributed by atoms with van der Waals surface area (Å²) in [6, 6.07) is 0.0913. The Bertz CT molecular complexity index is 669. The van der Waals surface area contributed by atoms with E-state index in [2.05, 4.69) is 19.2 Å². The molecule has 1 aliphatic heterocycles. The van der Waals surface area contributed by atoms with Gasteiger partial charge in [-0.15, -0.1) is 0 Å². The SMILES string of the molecule is CCCCCCCCCCCCCCCCCC(=O)OCC1CC(OC(=O)CCCCCCCCCCCCCCCCC)CN1. The van der Waals surface area contributed by atoms with Gasteiger partial charge in [0.2, 0.25) is 0 Å². The summed E-state index contributed by atoms with van der Waals surface area (Å²) in [4.78, 5) is 24.5. The highest BCUT2D eigenvalue weighted by Crippen LogP contribution is 2.17. The van der Waals surface area contributed by atoms with Gasteiger partial charge in [0.15, 0.2) is 0 Å². The number of unbranched alkanes of at least 4 members (excludes halogenated alkanes) is 28.